The maximum absolute atomic E-state index is 5.41. The molecule has 0 amide bonds. The highest BCUT2D eigenvalue weighted by Crippen LogP contribution is 2.28. The Labute approximate surface area is 71.6 Å². The van der Waals surface area contributed by atoms with Gasteiger partial charge in [0.2, 0.25) is 0 Å². The molecule has 0 unspecified atom stereocenters. The molecule has 12 heavy (non-hydrogen) atoms. The van der Waals surface area contributed by atoms with Gasteiger partial charge in [0.1, 0.15) is 5.82 Å². The highest BCUT2D eigenvalue weighted by Gasteiger charge is 2.19. The van der Waals surface area contributed by atoms with Gasteiger partial charge in [-0.3, -0.25) is 5.10 Å². The third kappa shape index (κ3) is 1.48. The van der Waals surface area contributed by atoms with Crippen LogP contribution < -0.4 is 5.73 Å². The van der Waals surface area contributed by atoms with E-state index >= 15 is 0 Å². The normalized spacial score (nSPS) is 17.8. The fraction of sp³-hybridized carbons (Fsp3) is 0.750. The first-order valence-electron chi connectivity index (χ1n) is 4.48. The van der Waals surface area contributed by atoms with Crippen LogP contribution in [0.15, 0.2) is 0 Å². The number of rotatable bonds is 3. The smallest absolute Gasteiger partial charge is 0.151 e. The van der Waals surface area contributed by atoms with Gasteiger partial charge in [0.15, 0.2) is 5.82 Å². The molecule has 0 radical (unpaired) electrons. The molecule has 2 rings (SSSR count). The molecule has 1 saturated carbocycles. The maximum atomic E-state index is 5.41. The molecule has 1 fully saturated rings. The summed E-state index contributed by atoms with van der Waals surface area (Å²) in [7, 11) is 0. The van der Waals surface area contributed by atoms with Crippen molar-refractivity contribution in [1.82, 2.24) is 15.2 Å². The van der Waals surface area contributed by atoms with Crippen molar-refractivity contribution < 1.29 is 0 Å². The number of nitrogens with two attached hydrogens (primary N) is 1. The summed E-state index contributed by atoms with van der Waals surface area (Å²) in [5.41, 5.74) is 5.41. The Morgan fingerprint density at radius 3 is 2.83 bits per heavy atom. The van der Waals surface area contributed by atoms with Crippen molar-refractivity contribution in [1.29, 1.82) is 0 Å². The number of H-pyrrole nitrogens is 1. The van der Waals surface area contributed by atoms with Crippen LogP contribution in [0.1, 0.15) is 30.9 Å². The SMILES string of the molecule is NCc1nc(CC2CCC2)n[nH]1. The van der Waals surface area contributed by atoms with Crippen LogP contribution in [0.5, 0.6) is 0 Å². The number of hydrogen-bond donors (Lipinski definition) is 2. The van der Waals surface area contributed by atoms with E-state index in [1.165, 1.54) is 19.3 Å². The average molecular weight is 166 g/mol. The van der Waals surface area contributed by atoms with Crippen molar-refractivity contribution in [3.63, 3.8) is 0 Å². The summed E-state index contributed by atoms with van der Waals surface area (Å²) in [4.78, 5) is 4.26. The highest BCUT2D eigenvalue weighted by atomic mass is 15.2. The molecular formula is C8H14N4. The Morgan fingerprint density at radius 2 is 2.33 bits per heavy atom. The van der Waals surface area contributed by atoms with Crippen molar-refractivity contribution in [3.8, 4) is 0 Å². The molecule has 1 aromatic rings. The molecule has 66 valence electrons. The quantitative estimate of drug-likeness (QED) is 0.691. The molecule has 0 bridgehead atoms. The van der Waals surface area contributed by atoms with Gasteiger partial charge in [-0.15, -0.1) is 0 Å². The molecule has 3 N–H and O–H groups in total. The van der Waals surface area contributed by atoms with Crippen molar-refractivity contribution in [2.24, 2.45) is 11.7 Å². The lowest BCUT2D eigenvalue weighted by atomic mass is 9.83. The standard InChI is InChI=1S/C8H14N4/c9-5-8-10-7(11-12-8)4-6-2-1-3-6/h6H,1-5,9H2,(H,10,11,12). The topological polar surface area (TPSA) is 67.6 Å². The van der Waals surface area contributed by atoms with Crippen LogP contribution in [0.4, 0.5) is 0 Å². The van der Waals surface area contributed by atoms with Gasteiger partial charge in [-0.1, -0.05) is 19.3 Å². The molecule has 0 atom stereocenters. The predicted molar refractivity (Wildman–Crippen MR) is 45.3 cm³/mol. The molecule has 1 heterocycles. The van der Waals surface area contributed by atoms with E-state index in [4.69, 9.17) is 5.73 Å². The van der Waals surface area contributed by atoms with E-state index in [2.05, 4.69) is 15.2 Å². The molecule has 0 spiro atoms. The Balaban J connectivity index is 1.93. The van der Waals surface area contributed by atoms with Crippen LogP contribution in [0.25, 0.3) is 0 Å². The van der Waals surface area contributed by atoms with Gasteiger partial charge in [-0.2, -0.15) is 5.10 Å². The molecule has 4 heteroatoms. The second-order valence-electron chi connectivity index (χ2n) is 3.40. The number of aromatic amines is 1. The zero-order valence-corrected chi connectivity index (χ0v) is 7.08. The monoisotopic (exact) mass is 166 g/mol. The van der Waals surface area contributed by atoms with Crippen LogP contribution in [0, 0.1) is 5.92 Å². The highest BCUT2D eigenvalue weighted by molar-refractivity contribution is 4.92. The Bertz CT molecular complexity index is 251. The zero-order valence-electron chi connectivity index (χ0n) is 7.08. The number of nitrogens with zero attached hydrogens (tertiary/aromatic N) is 2. The lowest BCUT2D eigenvalue weighted by molar-refractivity contribution is 0.309. The van der Waals surface area contributed by atoms with Gasteiger partial charge in [0, 0.05) is 6.42 Å². The van der Waals surface area contributed by atoms with Crippen LogP contribution in [-0.2, 0) is 13.0 Å². The first kappa shape index (κ1) is 7.73. The fourth-order valence-corrected chi connectivity index (χ4v) is 1.47. The summed E-state index contributed by atoms with van der Waals surface area (Å²) < 4.78 is 0. The van der Waals surface area contributed by atoms with E-state index in [9.17, 15) is 0 Å². The van der Waals surface area contributed by atoms with Gasteiger partial charge in [0.25, 0.3) is 0 Å². The van der Waals surface area contributed by atoms with E-state index in [-0.39, 0.29) is 0 Å². The van der Waals surface area contributed by atoms with Crippen LogP contribution in [-0.4, -0.2) is 15.2 Å². The van der Waals surface area contributed by atoms with Crippen LogP contribution in [0.2, 0.25) is 0 Å². The van der Waals surface area contributed by atoms with E-state index in [1.54, 1.807) is 0 Å². The first-order chi connectivity index (χ1) is 5.88. The van der Waals surface area contributed by atoms with Crippen LogP contribution >= 0.6 is 0 Å². The third-order valence-corrected chi connectivity index (χ3v) is 2.47. The summed E-state index contributed by atoms with van der Waals surface area (Å²) in [6.07, 6.45) is 5.08. The third-order valence-electron chi connectivity index (χ3n) is 2.47. The largest absolute Gasteiger partial charge is 0.324 e. The molecular weight excluding hydrogens is 152 g/mol. The number of hydrogen-bond acceptors (Lipinski definition) is 3. The van der Waals surface area contributed by atoms with Crippen molar-refractivity contribution in [2.75, 3.05) is 0 Å². The van der Waals surface area contributed by atoms with E-state index in [0.29, 0.717) is 6.54 Å². The zero-order chi connectivity index (χ0) is 8.39. The molecule has 4 nitrogen and oxygen atoms in total. The molecule has 1 aliphatic carbocycles. The maximum Gasteiger partial charge on any atom is 0.151 e. The molecule has 0 saturated heterocycles. The van der Waals surface area contributed by atoms with Gasteiger partial charge >= 0.3 is 0 Å². The number of aromatic nitrogens is 3. The molecule has 1 aliphatic rings. The van der Waals surface area contributed by atoms with E-state index < -0.39 is 0 Å². The molecule has 1 aromatic heterocycles. The Hall–Kier alpha value is -0.900. The summed E-state index contributed by atoms with van der Waals surface area (Å²) >= 11 is 0. The van der Waals surface area contributed by atoms with Gasteiger partial charge in [0.05, 0.1) is 6.54 Å². The van der Waals surface area contributed by atoms with E-state index in [1.807, 2.05) is 0 Å². The van der Waals surface area contributed by atoms with E-state index in [0.717, 1.165) is 24.0 Å². The lowest BCUT2D eigenvalue weighted by Crippen LogP contribution is -2.14. The van der Waals surface area contributed by atoms with Crippen LogP contribution in [0.3, 0.4) is 0 Å². The average Bonchev–Trinajstić information content (AvgIpc) is 2.44. The predicted octanol–water partition coefficient (Wildman–Crippen LogP) is 0.606. The minimum Gasteiger partial charge on any atom is -0.324 e. The first-order valence-corrected chi connectivity index (χ1v) is 4.48. The molecule has 0 aromatic carbocycles. The minimum absolute atomic E-state index is 0.456. The summed E-state index contributed by atoms with van der Waals surface area (Å²) in [6, 6.07) is 0. The van der Waals surface area contributed by atoms with Crippen molar-refractivity contribution >= 4 is 0 Å². The second-order valence-corrected chi connectivity index (χ2v) is 3.40. The van der Waals surface area contributed by atoms with Gasteiger partial charge in [-0.05, 0) is 5.92 Å². The summed E-state index contributed by atoms with van der Waals surface area (Å²) in [5, 5.41) is 6.92. The van der Waals surface area contributed by atoms with Crippen molar-refractivity contribution in [2.45, 2.75) is 32.2 Å². The van der Waals surface area contributed by atoms with Gasteiger partial charge < -0.3 is 5.73 Å². The summed E-state index contributed by atoms with van der Waals surface area (Å²) in [5.74, 6) is 2.55. The van der Waals surface area contributed by atoms with Crippen molar-refractivity contribution in [3.05, 3.63) is 11.6 Å². The number of nitrogens with one attached hydrogen (secondary N) is 1. The fourth-order valence-electron chi connectivity index (χ4n) is 1.47. The second kappa shape index (κ2) is 3.23. The minimum atomic E-state index is 0.456. The lowest BCUT2D eigenvalue weighted by Gasteiger charge is -2.23. The van der Waals surface area contributed by atoms with Gasteiger partial charge in [-0.25, -0.2) is 4.98 Å². The Morgan fingerprint density at radius 1 is 1.50 bits per heavy atom. The molecule has 0 aliphatic heterocycles. The summed E-state index contributed by atoms with van der Waals surface area (Å²) in [6.45, 7) is 0.456. The Kier molecular flexibility index (Phi) is 2.08.